The lowest BCUT2D eigenvalue weighted by molar-refractivity contribution is 0.788. The third kappa shape index (κ3) is 4.48. The van der Waals surface area contributed by atoms with Crippen LogP contribution in [-0.2, 0) is 6.42 Å². The van der Waals surface area contributed by atoms with Gasteiger partial charge in [-0.15, -0.1) is 0 Å². The zero-order valence-electron chi connectivity index (χ0n) is 22.5. The average molecular weight is 519 g/mol. The molecule has 2 aliphatic heterocycles. The summed E-state index contributed by atoms with van der Waals surface area (Å²) >= 11 is 0. The van der Waals surface area contributed by atoms with Gasteiger partial charge in [-0.1, -0.05) is 74.0 Å². The Morgan fingerprint density at radius 1 is 0.550 bits per heavy atom. The number of benzene rings is 2. The highest BCUT2D eigenvalue weighted by Crippen LogP contribution is 2.33. The van der Waals surface area contributed by atoms with Crippen molar-refractivity contribution in [1.29, 1.82) is 0 Å². The fraction of sp³-hybridized carbons (Fsp3) is 0.111. The molecule has 2 N–H and O–H groups in total. The second-order valence-corrected chi connectivity index (χ2v) is 10.3. The number of nitrogens with one attached hydrogen (secondary N) is 2. The zero-order chi connectivity index (χ0) is 26.9. The second kappa shape index (κ2) is 10.3. The highest BCUT2D eigenvalue weighted by Gasteiger charge is 2.17. The molecule has 0 fully saturated rings. The predicted octanol–water partition coefficient (Wildman–Crippen LogP) is 9.33. The molecule has 3 aromatic heterocycles. The summed E-state index contributed by atoms with van der Waals surface area (Å²) in [5.74, 6) is 0. The minimum absolute atomic E-state index is 0.930. The number of fused-ring (bicyclic) bond motifs is 8. The van der Waals surface area contributed by atoms with Crippen molar-refractivity contribution in [3.63, 3.8) is 0 Å². The van der Waals surface area contributed by atoms with Crippen LogP contribution < -0.4 is 0 Å². The average Bonchev–Trinajstić information content (AvgIpc) is 3.81. The zero-order valence-corrected chi connectivity index (χ0v) is 22.5. The van der Waals surface area contributed by atoms with Crippen molar-refractivity contribution in [2.24, 2.45) is 0 Å². The highest BCUT2D eigenvalue weighted by atomic mass is 14.8. The lowest BCUT2D eigenvalue weighted by atomic mass is 10.0. The standard InChI is InChI=1S/C36H30N4/c1-2-3-14-28-29-19-21-33(39-29)35(24-10-6-4-7-11-24)31-17-15-26(37-31)23-27-16-18-32(38-27)36(25-12-8-5-9-13-25)34-22-20-30(28)40-34/h4-13,15-23,37-38H,2-3,14H2,1H3. The number of aromatic nitrogens is 4. The maximum Gasteiger partial charge on any atom is 0.0737 e. The summed E-state index contributed by atoms with van der Waals surface area (Å²) < 4.78 is 0. The Morgan fingerprint density at radius 2 is 1.02 bits per heavy atom. The molecule has 40 heavy (non-hydrogen) atoms. The van der Waals surface area contributed by atoms with E-state index in [0.29, 0.717) is 0 Å². The number of aromatic amines is 2. The van der Waals surface area contributed by atoms with Crippen LogP contribution >= 0.6 is 0 Å². The van der Waals surface area contributed by atoms with Gasteiger partial charge in [0.05, 0.1) is 22.8 Å². The van der Waals surface area contributed by atoms with Crippen LogP contribution in [0, 0.1) is 0 Å². The normalized spacial score (nSPS) is 12.2. The summed E-state index contributed by atoms with van der Waals surface area (Å²) in [5, 5.41) is 0. The first-order valence-electron chi connectivity index (χ1n) is 14.0. The fourth-order valence-corrected chi connectivity index (χ4v) is 5.62. The Bertz CT molecular complexity index is 1790. The summed E-state index contributed by atoms with van der Waals surface area (Å²) in [7, 11) is 0. The molecule has 194 valence electrons. The first kappa shape index (κ1) is 24.1. The van der Waals surface area contributed by atoms with E-state index in [0.717, 1.165) is 86.4 Å². The van der Waals surface area contributed by atoms with Crippen LogP contribution in [0.5, 0.6) is 0 Å². The molecule has 0 aliphatic carbocycles. The molecular formula is C36H30N4. The van der Waals surface area contributed by atoms with Crippen molar-refractivity contribution in [2.75, 3.05) is 0 Å². The number of hydrogen-bond donors (Lipinski definition) is 2. The first-order chi connectivity index (χ1) is 19.8. The number of unbranched alkanes of at least 4 members (excludes halogenated alkanes) is 1. The third-order valence-electron chi connectivity index (χ3n) is 7.58. The fourth-order valence-electron chi connectivity index (χ4n) is 5.62. The Hall–Kier alpha value is -4.96. The molecular weight excluding hydrogens is 488 g/mol. The van der Waals surface area contributed by atoms with Gasteiger partial charge in [0.1, 0.15) is 0 Å². The van der Waals surface area contributed by atoms with Gasteiger partial charge in [-0.05, 0) is 78.6 Å². The molecule has 0 unspecified atom stereocenters. The Kier molecular flexibility index (Phi) is 6.21. The van der Waals surface area contributed by atoms with Gasteiger partial charge in [0, 0.05) is 38.8 Å². The van der Waals surface area contributed by atoms with Gasteiger partial charge in [0.25, 0.3) is 0 Å². The molecule has 4 nitrogen and oxygen atoms in total. The van der Waals surface area contributed by atoms with E-state index in [2.05, 4.69) is 132 Å². The summed E-state index contributed by atoms with van der Waals surface area (Å²) in [6, 6.07) is 31.7. The van der Waals surface area contributed by atoms with Crippen LogP contribution in [0.2, 0.25) is 0 Å². The monoisotopic (exact) mass is 518 g/mol. The van der Waals surface area contributed by atoms with Crippen LogP contribution in [0.25, 0.3) is 68.6 Å². The predicted molar refractivity (Wildman–Crippen MR) is 168 cm³/mol. The summed E-state index contributed by atoms with van der Waals surface area (Å²) in [5.41, 5.74) is 13.7. The molecule has 0 saturated heterocycles. The van der Waals surface area contributed by atoms with Gasteiger partial charge in [-0.25, -0.2) is 9.97 Å². The van der Waals surface area contributed by atoms with Gasteiger partial charge >= 0.3 is 0 Å². The smallest absolute Gasteiger partial charge is 0.0737 e. The number of nitrogens with zero attached hydrogens (tertiary/aromatic N) is 2. The van der Waals surface area contributed by atoms with Crippen molar-refractivity contribution < 1.29 is 0 Å². The summed E-state index contributed by atoms with van der Waals surface area (Å²) in [6.07, 6.45) is 11.7. The van der Waals surface area contributed by atoms with Gasteiger partial charge in [0.2, 0.25) is 0 Å². The van der Waals surface area contributed by atoms with Gasteiger partial charge in [-0.3, -0.25) is 0 Å². The molecule has 4 heteroatoms. The maximum atomic E-state index is 5.23. The van der Waals surface area contributed by atoms with Crippen molar-refractivity contribution in [1.82, 2.24) is 19.9 Å². The van der Waals surface area contributed by atoms with E-state index in [9.17, 15) is 0 Å². The van der Waals surface area contributed by atoms with Gasteiger partial charge in [-0.2, -0.15) is 0 Å². The number of H-pyrrole nitrogens is 2. The number of rotatable bonds is 5. The van der Waals surface area contributed by atoms with Crippen LogP contribution in [-0.4, -0.2) is 19.9 Å². The Labute approximate surface area is 233 Å². The van der Waals surface area contributed by atoms with E-state index in [1.165, 1.54) is 5.56 Å². The third-order valence-corrected chi connectivity index (χ3v) is 7.58. The van der Waals surface area contributed by atoms with E-state index in [4.69, 9.17) is 9.97 Å². The lowest BCUT2D eigenvalue weighted by Gasteiger charge is -2.05. The molecule has 8 bridgehead atoms. The summed E-state index contributed by atoms with van der Waals surface area (Å²) in [6.45, 7) is 2.23. The lowest BCUT2D eigenvalue weighted by Crippen LogP contribution is -1.95. The Morgan fingerprint density at radius 3 is 1.50 bits per heavy atom. The maximum absolute atomic E-state index is 5.23. The van der Waals surface area contributed by atoms with Crippen molar-refractivity contribution in [3.05, 3.63) is 119 Å². The van der Waals surface area contributed by atoms with E-state index in [1.807, 2.05) is 0 Å². The minimum Gasteiger partial charge on any atom is -0.355 e. The quantitative estimate of drug-likeness (QED) is 0.238. The molecule has 0 atom stereocenters. The van der Waals surface area contributed by atoms with Crippen molar-refractivity contribution in [3.8, 4) is 22.3 Å². The van der Waals surface area contributed by atoms with Crippen molar-refractivity contribution >= 4 is 46.4 Å². The molecule has 2 aromatic carbocycles. The topological polar surface area (TPSA) is 57.4 Å². The number of hydrogen-bond acceptors (Lipinski definition) is 2. The van der Waals surface area contributed by atoms with E-state index < -0.39 is 0 Å². The minimum atomic E-state index is 0.930. The molecule has 2 aliphatic rings. The molecule has 0 spiro atoms. The van der Waals surface area contributed by atoms with E-state index in [1.54, 1.807) is 0 Å². The first-order valence-corrected chi connectivity index (χ1v) is 14.0. The highest BCUT2D eigenvalue weighted by molar-refractivity contribution is 5.93. The second-order valence-electron chi connectivity index (χ2n) is 10.3. The van der Waals surface area contributed by atoms with Crippen molar-refractivity contribution in [2.45, 2.75) is 26.2 Å². The molecule has 7 rings (SSSR count). The molecule has 0 saturated carbocycles. The Balaban J connectivity index is 1.61. The van der Waals surface area contributed by atoms with Crippen LogP contribution in [0.4, 0.5) is 0 Å². The molecule has 0 amide bonds. The van der Waals surface area contributed by atoms with Gasteiger partial charge < -0.3 is 9.97 Å². The van der Waals surface area contributed by atoms with E-state index >= 15 is 0 Å². The molecule has 5 aromatic rings. The molecule has 5 heterocycles. The van der Waals surface area contributed by atoms with E-state index in [-0.39, 0.29) is 0 Å². The van der Waals surface area contributed by atoms with Crippen LogP contribution in [0.1, 0.15) is 48.1 Å². The summed E-state index contributed by atoms with van der Waals surface area (Å²) in [4.78, 5) is 17.8. The van der Waals surface area contributed by atoms with Gasteiger partial charge in [0.15, 0.2) is 0 Å². The van der Waals surface area contributed by atoms with Crippen LogP contribution in [0.15, 0.2) is 91.0 Å². The largest absolute Gasteiger partial charge is 0.355 e. The SMILES string of the molecule is CCCCc1c2nc(c(-c3ccccc3)c3ccc(cc4ccc([nH]4)c(-c4ccccc4)c4nc1C=C4)[nH]3)C=C2. The van der Waals surface area contributed by atoms with Crippen LogP contribution in [0.3, 0.4) is 0 Å². The molecule has 0 radical (unpaired) electrons.